The second-order valence-electron chi connectivity index (χ2n) is 6.47. The van der Waals surface area contributed by atoms with Crippen molar-refractivity contribution in [3.05, 3.63) is 88.2 Å². The first-order valence-corrected chi connectivity index (χ1v) is 9.93. The molecule has 28 heavy (non-hydrogen) atoms. The Morgan fingerprint density at radius 1 is 1.14 bits per heavy atom. The Balaban J connectivity index is 1.62. The number of nitrogens with one attached hydrogen (secondary N) is 2. The molecular formula is C22H23ClN4S. The van der Waals surface area contributed by atoms with Crippen LogP contribution in [0.2, 0.25) is 5.02 Å². The fourth-order valence-electron chi connectivity index (χ4n) is 2.98. The van der Waals surface area contributed by atoms with Gasteiger partial charge in [0, 0.05) is 23.5 Å². The fourth-order valence-corrected chi connectivity index (χ4v) is 3.26. The van der Waals surface area contributed by atoms with E-state index in [1.165, 1.54) is 11.1 Å². The van der Waals surface area contributed by atoms with Crippen LogP contribution in [0.5, 0.6) is 0 Å². The predicted octanol–water partition coefficient (Wildman–Crippen LogP) is 5.38. The first-order chi connectivity index (χ1) is 13.6. The van der Waals surface area contributed by atoms with Crippen molar-refractivity contribution in [3.63, 3.8) is 0 Å². The maximum atomic E-state index is 5.96. The summed E-state index contributed by atoms with van der Waals surface area (Å²) in [7, 11) is 0. The molecule has 0 bridgehead atoms. The minimum absolute atomic E-state index is 0.469. The second kappa shape index (κ2) is 9.53. The summed E-state index contributed by atoms with van der Waals surface area (Å²) in [5.41, 5.74) is 8.49. The number of thiocarbonyl (C=S) groups is 1. The smallest absolute Gasteiger partial charge is 0.191 e. The lowest BCUT2D eigenvalue weighted by Crippen LogP contribution is -2.25. The van der Waals surface area contributed by atoms with Gasteiger partial charge in [-0.1, -0.05) is 48.9 Å². The van der Waals surface area contributed by atoms with E-state index in [0.29, 0.717) is 5.11 Å². The third-order valence-corrected chi connectivity index (χ3v) is 4.92. The molecule has 1 heterocycles. The van der Waals surface area contributed by atoms with Crippen LogP contribution in [0.15, 0.2) is 65.9 Å². The molecule has 3 aromatic rings. The molecule has 0 amide bonds. The van der Waals surface area contributed by atoms with Crippen molar-refractivity contribution < 1.29 is 0 Å². The molecule has 3 rings (SSSR count). The molecule has 0 aliphatic rings. The van der Waals surface area contributed by atoms with E-state index < -0.39 is 0 Å². The van der Waals surface area contributed by atoms with Crippen molar-refractivity contribution in [3.8, 4) is 0 Å². The molecule has 0 atom stereocenters. The van der Waals surface area contributed by atoms with Crippen molar-refractivity contribution in [2.24, 2.45) is 5.10 Å². The fraction of sp³-hybridized carbons (Fsp3) is 0.182. The number of nitrogens with zero attached hydrogens (tertiary/aromatic N) is 2. The first-order valence-electron chi connectivity index (χ1n) is 9.15. The Kier molecular flexibility index (Phi) is 6.85. The molecule has 0 aliphatic carbocycles. The molecule has 1 aromatic heterocycles. The summed E-state index contributed by atoms with van der Waals surface area (Å²) in [5, 5.41) is 8.76. The summed E-state index contributed by atoms with van der Waals surface area (Å²) in [5.74, 6) is 0. The van der Waals surface area contributed by atoms with E-state index in [1.54, 1.807) is 6.21 Å². The van der Waals surface area contributed by atoms with Gasteiger partial charge in [0.2, 0.25) is 0 Å². The number of aryl methyl sites for hydroxylation is 2. The first kappa shape index (κ1) is 20.1. The highest BCUT2D eigenvalue weighted by Crippen LogP contribution is 2.20. The maximum Gasteiger partial charge on any atom is 0.191 e. The lowest BCUT2D eigenvalue weighted by atomic mass is 10.1. The predicted molar refractivity (Wildman–Crippen MR) is 122 cm³/mol. The zero-order valence-corrected chi connectivity index (χ0v) is 17.5. The summed E-state index contributed by atoms with van der Waals surface area (Å²) in [6, 6.07) is 18.1. The number of hydrogen-bond donors (Lipinski definition) is 2. The molecule has 2 aromatic carbocycles. The summed E-state index contributed by atoms with van der Waals surface area (Å²) < 4.78 is 2.11. The van der Waals surface area contributed by atoms with Crippen molar-refractivity contribution in [1.82, 2.24) is 9.99 Å². The highest BCUT2D eigenvalue weighted by Gasteiger charge is 2.05. The Morgan fingerprint density at radius 3 is 2.68 bits per heavy atom. The normalized spacial score (nSPS) is 11.0. The Labute approximate surface area is 176 Å². The molecule has 2 N–H and O–H groups in total. The number of aromatic nitrogens is 1. The van der Waals surface area contributed by atoms with Gasteiger partial charge in [0.25, 0.3) is 0 Å². The molecule has 4 nitrogen and oxygen atoms in total. The number of rotatable bonds is 6. The Hall–Kier alpha value is -2.63. The van der Waals surface area contributed by atoms with E-state index in [1.807, 2.05) is 42.6 Å². The van der Waals surface area contributed by atoms with E-state index in [0.717, 1.165) is 34.9 Å². The van der Waals surface area contributed by atoms with Gasteiger partial charge in [-0.05, 0) is 66.5 Å². The minimum atomic E-state index is 0.469. The number of para-hydroxylation sites is 1. The molecule has 144 valence electrons. The largest absolute Gasteiger partial charge is 0.342 e. The number of halogens is 1. The molecule has 0 saturated carbocycles. The van der Waals surface area contributed by atoms with Crippen molar-refractivity contribution >= 4 is 40.8 Å². The van der Waals surface area contributed by atoms with E-state index >= 15 is 0 Å². The van der Waals surface area contributed by atoms with Crippen LogP contribution < -0.4 is 10.7 Å². The Morgan fingerprint density at radius 2 is 1.93 bits per heavy atom. The van der Waals surface area contributed by atoms with Crippen LogP contribution in [0.1, 0.15) is 29.3 Å². The van der Waals surface area contributed by atoms with Gasteiger partial charge in [-0.3, -0.25) is 5.43 Å². The second-order valence-corrected chi connectivity index (χ2v) is 7.32. The third kappa shape index (κ3) is 5.21. The van der Waals surface area contributed by atoms with E-state index in [9.17, 15) is 0 Å². The van der Waals surface area contributed by atoms with Gasteiger partial charge >= 0.3 is 0 Å². The molecule has 6 heteroatoms. The van der Waals surface area contributed by atoms with E-state index in [2.05, 4.69) is 52.5 Å². The molecule has 0 aliphatic heterocycles. The van der Waals surface area contributed by atoms with Gasteiger partial charge in [0.15, 0.2) is 5.11 Å². The van der Waals surface area contributed by atoms with Gasteiger partial charge in [0.05, 0.1) is 11.9 Å². The summed E-state index contributed by atoms with van der Waals surface area (Å²) in [4.78, 5) is 0. The highest BCUT2D eigenvalue weighted by atomic mass is 35.5. The topological polar surface area (TPSA) is 41.4 Å². The van der Waals surface area contributed by atoms with Gasteiger partial charge in [-0.25, -0.2) is 0 Å². The molecule has 0 saturated heterocycles. The van der Waals surface area contributed by atoms with Gasteiger partial charge in [0.1, 0.15) is 0 Å². The van der Waals surface area contributed by atoms with Gasteiger partial charge in [-0.15, -0.1) is 0 Å². The van der Waals surface area contributed by atoms with Crippen LogP contribution >= 0.6 is 23.8 Å². The van der Waals surface area contributed by atoms with Crippen LogP contribution in [-0.2, 0) is 13.0 Å². The van der Waals surface area contributed by atoms with Crippen LogP contribution in [0.4, 0.5) is 5.69 Å². The SMILES string of the molecule is CCc1cccc(C)c1NC(=S)N/N=C/c1cccn1Cc1ccc(Cl)cc1. The standard InChI is InChI=1S/C22H23ClN4S/c1-3-18-7-4-6-16(2)21(18)25-22(28)26-24-14-20-8-5-13-27(20)15-17-9-11-19(23)12-10-17/h4-14H,3,15H2,1-2H3,(H2,25,26,28)/b24-14+. The molecule has 0 unspecified atom stereocenters. The number of hydrazone groups is 1. The average molecular weight is 411 g/mol. The van der Waals surface area contributed by atoms with Crippen LogP contribution in [0.25, 0.3) is 0 Å². The minimum Gasteiger partial charge on any atom is -0.342 e. The van der Waals surface area contributed by atoms with Crippen LogP contribution in [0, 0.1) is 6.92 Å². The lowest BCUT2D eigenvalue weighted by molar-refractivity contribution is 0.799. The molecular weight excluding hydrogens is 388 g/mol. The number of hydrogen-bond acceptors (Lipinski definition) is 2. The van der Waals surface area contributed by atoms with Gasteiger partial charge < -0.3 is 9.88 Å². The number of anilines is 1. The van der Waals surface area contributed by atoms with E-state index in [-0.39, 0.29) is 0 Å². The third-order valence-electron chi connectivity index (χ3n) is 4.47. The summed E-state index contributed by atoms with van der Waals surface area (Å²) >= 11 is 11.3. The monoisotopic (exact) mass is 410 g/mol. The lowest BCUT2D eigenvalue weighted by Gasteiger charge is -2.14. The highest BCUT2D eigenvalue weighted by molar-refractivity contribution is 7.80. The van der Waals surface area contributed by atoms with Crippen LogP contribution in [-0.4, -0.2) is 15.9 Å². The zero-order chi connectivity index (χ0) is 19.9. The Bertz CT molecular complexity index is 976. The molecule has 0 spiro atoms. The maximum absolute atomic E-state index is 5.96. The molecule has 0 radical (unpaired) electrons. The average Bonchev–Trinajstić information content (AvgIpc) is 3.12. The van der Waals surface area contributed by atoms with Crippen molar-refractivity contribution in [1.29, 1.82) is 0 Å². The zero-order valence-electron chi connectivity index (χ0n) is 15.9. The van der Waals surface area contributed by atoms with Gasteiger partial charge in [-0.2, -0.15) is 5.10 Å². The van der Waals surface area contributed by atoms with Crippen molar-refractivity contribution in [2.75, 3.05) is 5.32 Å². The molecule has 0 fully saturated rings. The quantitative estimate of drug-likeness (QED) is 0.325. The number of benzene rings is 2. The van der Waals surface area contributed by atoms with E-state index in [4.69, 9.17) is 23.8 Å². The summed E-state index contributed by atoms with van der Waals surface area (Å²) in [6.07, 6.45) is 4.73. The van der Waals surface area contributed by atoms with Crippen molar-refractivity contribution in [2.45, 2.75) is 26.8 Å². The van der Waals surface area contributed by atoms with Crippen LogP contribution in [0.3, 0.4) is 0 Å². The summed E-state index contributed by atoms with van der Waals surface area (Å²) in [6.45, 7) is 4.94.